The molecular weight excluding hydrogens is 712 g/mol. The van der Waals surface area contributed by atoms with Gasteiger partial charge in [-0.25, -0.2) is 13.2 Å². The molecule has 0 bridgehead atoms. The second-order valence-electron chi connectivity index (χ2n) is 15.0. The second-order valence-corrected chi connectivity index (χ2v) is 15.0. The van der Waals surface area contributed by atoms with Crippen molar-refractivity contribution < 1.29 is 41.0 Å². The molecule has 2 fully saturated rings. The number of carbonyl (C=O) groups is 2. The number of likely N-dealkylation sites (tertiary alicyclic amines) is 1. The first-order valence-electron chi connectivity index (χ1n) is 18.2. The lowest BCUT2D eigenvalue weighted by molar-refractivity contribution is -0.139. The van der Waals surface area contributed by atoms with Gasteiger partial charge in [-0.3, -0.25) is 14.4 Å². The lowest BCUT2D eigenvalue weighted by Crippen LogP contribution is -2.41. The zero-order chi connectivity index (χ0) is 39.6. The van der Waals surface area contributed by atoms with E-state index in [2.05, 4.69) is 22.1 Å². The van der Waals surface area contributed by atoms with Crippen molar-refractivity contribution >= 4 is 11.9 Å². The number of hydrogen-bond donors (Lipinski definition) is 2. The van der Waals surface area contributed by atoms with Crippen molar-refractivity contribution in [1.82, 2.24) is 14.8 Å². The van der Waals surface area contributed by atoms with E-state index in [1.165, 1.54) is 20.8 Å². The third kappa shape index (κ3) is 9.20. The average Bonchev–Trinajstić information content (AvgIpc) is 3.89. The highest BCUT2D eigenvalue weighted by Crippen LogP contribution is 2.41. The van der Waals surface area contributed by atoms with E-state index in [9.17, 15) is 37.1 Å². The SMILES string of the molecule is CC#Cc1cc(-c2c(C)cc(F)cc2C)c(F)c([C@@H](CC(=O)O)NC(=O)[C@@H](CC(C)C)n2cc(C3CCN(CC4CC4)CC3)c(C(F)(F)F)cc2=O)c1F. The summed E-state index contributed by atoms with van der Waals surface area (Å²) in [5.41, 5.74) is -2.78. The molecule has 1 amide bonds. The van der Waals surface area contributed by atoms with E-state index in [1.54, 1.807) is 13.8 Å². The molecule has 2 N–H and O–H groups in total. The van der Waals surface area contributed by atoms with Gasteiger partial charge in [0.2, 0.25) is 5.91 Å². The first kappa shape index (κ1) is 40.6. The predicted octanol–water partition coefficient (Wildman–Crippen LogP) is 8.45. The summed E-state index contributed by atoms with van der Waals surface area (Å²) in [7, 11) is 0. The molecule has 290 valence electrons. The van der Waals surface area contributed by atoms with Gasteiger partial charge in [0.25, 0.3) is 5.56 Å². The van der Waals surface area contributed by atoms with Crippen molar-refractivity contribution in [3.8, 4) is 23.0 Å². The third-order valence-electron chi connectivity index (χ3n) is 10.3. The normalized spacial score (nSPS) is 16.5. The molecule has 13 heteroatoms. The fourth-order valence-corrected chi connectivity index (χ4v) is 7.64. The Hall–Kier alpha value is -4.57. The molecule has 2 atom stereocenters. The van der Waals surface area contributed by atoms with Crippen molar-refractivity contribution in [2.24, 2.45) is 11.8 Å². The summed E-state index contributed by atoms with van der Waals surface area (Å²) in [5.74, 6) is -0.693. The molecule has 1 aliphatic heterocycles. The molecule has 7 nitrogen and oxygen atoms in total. The van der Waals surface area contributed by atoms with Crippen LogP contribution >= 0.6 is 0 Å². The Kier molecular flexibility index (Phi) is 12.4. The minimum absolute atomic E-state index is 0.0678. The maximum atomic E-state index is 16.7. The molecule has 3 aromatic rings. The monoisotopic (exact) mass is 757 g/mol. The van der Waals surface area contributed by atoms with Crippen LogP contribution in [0.2, 0.25) is 0 Å². The van der Waals surface area contributed by atoms with E-state index in [0.717, 1.165) is 48.3 Å². The number of halogens is 6. The number of aryl methyl sites for hydroxylation is 2. The van der Waals surface area contributed by atoms with Crippen LogP contribution in [-0.2, 0) is 15.8 Å². The number of pyridine rings is 1. The van der Waals surface area contributed by atoms with E-state index < -0.39 is 76.6 Å². The van der Waals surface area contributed by atoms with Crippen molar-refractivity contribution in [3.63, 3.8) is 0 Å². The van der Waals surface area contributed by atoms with E-state index in [0.29, 0.717) is 49.0 Å². The second kappa shape index (κ2) is 16.4. The van der Waals surface area contributed by atoms with E-state index in [1.807, 2.05) is 0 Å². The standard InChI is InChI=1S/C41H45F6N3O4/c1-6-7-27-17-29(36-23(4)15-28(42)16-24(36)5)39(44)37(38(27)43)32(19-35(52)53)48-40(54)33(14-22(2)3)50-21-30(31(18-34(50)51)41(45,46)47)26-10-12-49(13-11-26)20-25-8-9-25/h15-18,21-22,25-26,32-33H,8-14,19-20H2,1-5H3,(H,48,54)(H,52,53)/t32-,33-/m1/s1. The third-order valence-corrected chi connectivity index (χ3v) is 10.3. The highest BCUT2D eigenvalue weighted by molar-refractivity contribution is 5.82. The molecule has 1 saturated heterocycles. The number of carboxylic acid groups (broad SMARTS) is 1. The number of carbonyl (C=O) groups excluding carboxylic acids is 1. The molecule has 2 aromatic carbocycles. The van der Waals surface area contributed by atoms with Crippen molar-refractivity contribution in [1.29, 1.82) is 0 Å². The summed E-state index contributed by atoms with van der Waals surface area (Å²) in [6, 6.07) is 0.651. The molecule has 1 saturated carbocycles. The van der Waals surface area contributed by atoms with Gasteiger partial charge >= 0.3 is 12.1 Å². The highest BCUT2D eigenvalue weighted by Gasteiger charge is 2.39. The van der Waals surface area contributed by atoms with Gasteiger partial charge in [0.1, 0.15) is 23.5 Å². The summed E-state index contributed by atoms with van der Waals surface area (Å²) in [5, 5.41) is 12.3. The van der Waals surface area contributed by atoms with Crippen molar-refractivity contribution in [2.45, 2.75) is 97.3 Å². The van der Waals surface area contributed by atoms with Gasteiger partial charge in [0.15, 0.2) is 0 Å². The summed E-state index contributed by atoms with van der Waals surface area (Å²) < 4.78 is 91.3. The number of rotatable bonds is 12. The maximum absolute atomic E-state index is 16.7. The Morgan fingerprint density at radius 1 is 0.981 bits per heavy atom. The van der Waals surface area contributed by atoms with Gasteiger partial charge in [-0.1, -0.05) is 19.8 Å². The van der Waals surface area contributed by atoms with Crippen molar-refractivity contribution in [3.05, 3.63) is 91.6 Å². The number of nitrogens with zero attached hydrogens (tertiary/aromatic N) is 2. The molecule has 0 unspecified atom stereocenters. The Labute approximate surface area is 310 Å². The van der Waals surface area contributed by atoms with Gasteiger partial charge in [-0.05, 0) is 124 Å². The lowest BCUT2D eigenvalue weighted by atomic mass is 9.87. The van der Waals surface area contributed by atoms with Crippen LogP contribution in [0, 0.1) is 55.0 Å². The van der Waals surface area contributed by atoms with Gasteiger partial charge in [-0.2, -0.15) is 13.2 Å². The first-order chi connectivity index (χ1) is 25.4. The Morgan fingerprint density at radius 3 is 2.15 bits per heavy atom. The minimum atomic E-state index is -4.85. The molecule has 5 rings (SSSR count). The van der Waals surface area contributed by atoms with E-state index in [-0.39, 0.29) is 34.6 Å². The van der Waals surface area contributed by atoms with Crippen LogP contribution in [-0.4, -0.2) is 46.1 Å². The Bertz CT molecular complexity index is 2010. The average molecular weight is 758 g/mol. The summed E-state index contributed by atoms with van der Waals surface area (Å²) in [6.07, 6.45) is -1.71. The highest BCUT2D eigenvalue weighted by atomic mass is 19.4. The van der Waals surface area contributed by atoms with Crippen LogP contribution in [0.1, 0.15) is 111 Å². The Balaban J connectivity index is 1.59. The number of aromatic nitrogens is 1. The van der Waals surface area contributed by atoms with Crippen LogP contribution in [0.4, 0.5) is 26.3 Å². The van der Waals surface area contributed by atoms with Crippen LogP contribution in [0.15, 0.2) is 35.3 Å². The molecule has 0 spiro atoms. The molecule has 0 radical (unpaired) electrons. The zero-order valence-corrected chi connectivity index (χ0v) is 31.0. The maximum Gasteiger partial charge on any atom is 0.416 e. The summed E-state index contributed by atoms with van der Waals surface area (Å²) in [6.45, 7) is 9.99. The van der Waals surface area contributed by atoms with E-state index >= 15 is 8.78 Å². The number of aliphatic carboxylic acids is 1. The van der Waals surface area contributed by atoms with Crippen LogP contribution in [0.3, 0.4) is 0 Å². The fraction of sp³-hybridized carbons (Fsp3) is 0.488. The largest absolute Gasteiger partial charge is 0.481 e. The molecule has 2 heterocycles. The number of carboxylic acids is 1. The summed E-state index contributed by atoms with van der Waals surface area (Å²) >= 11 is 0. The quantitative estimate of drug-likeness (QED) is 0.143. The molecule has 1 aliphatic carbocycles. The smallest absolute Gasteiger partial charge is 0.416 e. The number of amides is 1. The molecular formula is C41H45F6N3O4. The van der Waals surface area contributed by atoms with Gasteiger partial charge in [0.05, 0.1) is 23.6 Å². The molecule has 54 heavy (non-hydrogen) atoms. The summed E-state index contributed by atoms with van der Waals surface area (Å²) in [4.78, 5) is 42.2. The zero-order valence-electron chi connectivity index (χ0n) is 31.0. The number of hydrogen-bond acceptors (Lipinski definition) is 4. The van der Waals surface area contributed by atoms with Gasteiger partial charge in [-0.15, -0.1) is 5.92 Å². The number of alkyl halides is 3. The van der Waals surface area contributed by atoms with Gasteiger partial charge < -0.3 is 19.9 Å². The number of nitrogens with one attached hydrogen (secondary N) is 1. The van der Waals surface area contributed by atoms with Crippen LogP contribution < -0.4 is 10.9 Å². The minimum Gasteiger partial charge on any atom is -0.481 e. The fourth-order valence-electron chi connectivity index (χ4n) is 7.64. The topological polar surface area (TPSA) is 91.6 Å². The van der Waals surface area contributed by atoms with Crippen LogP contribution in [0.5, 0.6) is 0 Å². The number of piperidine rings is 1. The molecule has 1 aromatic heterocycles. The lowest BCUT2D eigenvalue weighted by Gasteiger charge is -2.34. The van der Waals surface area contributed by atoms with Crippen molar-refractivity contribution in [2.75, 3.05) is 19.6 Å². The van der Waals surface area contributed by atoms with Gasteiger partial charge in [0, 0.05) is 29.9 Å². The van der Waals surface area contributed by atoms with Crippen LogP contribution in [0.25, 0.3) is 11.1 Å². The predicted molar refractivity (Wildman–Crippen MR) is 192 cm³/mol. The number of benzene rings is 2. The first-order valence-corrected chi connectivity index (χ1v) is 18.2. The molecule has 2 aliphatic rings. The Morgan fingerprint density at radius 2 is 1.61 bits per heavy atom. The van der Waals surface area contributed by atoms with E-state index in [4.69, 9.17) is 0 Å².